The van der Waals surface area contributed by atoms with E-state index >= 15 is 0 Å². The molecule has 0 fully saturated rings. The van der Waals surface area contributed by atoms with E-state index in [1.165, 1.54) is 12.4 Å². The molecular weight excluding hydrogens is 160 g/mol. The molecular formula is C6H8N4O2. The van der Waals surface area contributed by atoms with Crippen molar-refractivity contribution in [2.45, 2.75) is 6.29 Å². The molecule has 0 saturated carbocycles. The van der Waals surface area contributed by atoms with Crippen LogP contribution in [0.25, 0.3) is 0 Å². The average Bonchev–Trinajstić information content (AvgIpc) is 2.05. The van der Waals surface area contributed by atoms with Gasteiger partial charge in [0.1, 0.15) is 5.69 Å². The summed E-state index contributed by atoms with van der Waals surface area (Å²) in [6.07, 6.45) is 2.05. The van der Waals surface area contributed by atoms with Crippen molar-refractivity contribution in [3.05, 3.63) is 18.1 Å². The summed E-state index contributed by atoms with van der Waals surface area (Å²) in [5, 5.41) is 17.5. The Hall–Kier alpha value is -1.53. The molecule has 0 unspecified atom stereocenters. The van der Waals surface area contributed by atoms with Gasteiger partial charge in [0.25, 0.3) is 0 Å². The van der Waals surface area contributed by atoms with E-state index in [1.54, 1.807) is 0 Å². The van der Waals surface area contributed by atoms with Crippen LogP contribution in [-0.2, 0) is 0 Å². The van der Waals surface area contributed by atoms with Gasteiger partial charge < -0.3 is 15.9 Å². The molecule has 6 heteroatoms. The first kappa shape index (κ1) is 8.57. The molecule has 6 nitrogen and oxygen atoms in total. The molecule has 0 atom stereocenters. The van der Waals surface area contributed by atoms with E-state index < -0.39 is 6.29 Å². The molecule has 0 radical (unpaired) electrons. The maximum absolute atomic E-state index is 8.77. The Morgan fingerprint density at radius 1 is 1.42 bits per heavy atom. The molecule has 1 heterocycles. The highest BCUT2D eigenvalue weighted by Gasteiger charge is 2.09. The van der Waals surface area contributed by atoms with Gasteiger partial charge in [-0.05, 0) is 0 Å². The van der Waals surface area contributed by atoms with E-state index in [0.717, 1.165) is 6.34 Å². The Morgan fingerprint density at radius 3 is 2.67 bits per heavy atom. The van der Waals surface area contributed by atoms with Crippen LogP contribution in [-0.4, -0.2) is 26.5 Å². The van der Waals surface area contributed by atoms with Gasteiger partial charge in [0, 0.05) is 12.4 Å². The fraction of sp³-hybridized carbons (Fsp3) is 0.167. The Morgan fingerprint density at radius 2 is 2.08 bits per heavy atom. The summed E-state index contributed by atoms with van der Waals surface area (Å²) in [6.45, 7) is 0. The molecule has 0 aliphatic rings. The van der Waals surface area contributed by atoms with Crippen LogP contribution >= 0.6 is 0 Å². The van der Waals surface area contributed by atoms with Gasteiger partial charge in [-0.2, -0.15) is 0 Å². The molecule has 1 aromatic heterocycles. The van der Waals surface area contributed by atoms with Crippen LogP contribution < -0.4 is 5.73 Å². The standard InChI is InChI=1S/C6H8N4O2/c7-3-10-5-4(6(11)12)8-1-2-9-5/h1-3,6,11-12H,(H2,7,9,10). The summed E-state index contributed by atoms with van der Waals surface area (Å²) < 4.78 is 0. The highest BCUT2D eigenvalue weighted by atomic mass is 16.5. The van der Waals surface area contributed by atoms with E-state index in [-0.39, 0.29) is 11.5 Å². The van der Waals surface area contributed by atoms with Crippen LogP contribution in [0.15, 0.2) is 17.4 Å². The van der Waals surface area contributed by atoms with Crippen LogP contribution in [0.3, 0.4) is 0 Å². The van der Waals surface area contributed by atoms with E-state index in [0.29, 0.717) is 0 Å². The summed E-state index contributed by atoms with van der Waals surface area (Å²) in [5.41, 5.74) is 4.99. The Bertz CT molecular complexity index is 287. The third-order valence-corrected chi connectivity index (χ3v) is 1.15. The zero-order valence-electron chi connectivity index (χ0n) is 6.12. The lowest BCUT2D eigenvalue weighted by Gasteiger charge is -2.03. The maximum atomic E-state index is 8.77. The SMILES string of the molecule is NC=Nc1nccnc1C(O)O. The van der Waals surface area contributed by atoms with Crippen LogP contribution in [0.1, 0.15) is 12.0 Å². The van der Waals surface area contributed by atoms with E-state index in [1.807, 2.05) is 0 Å². The number of aliphatic hydroxyl groups is 2. The molecule has 1 aromatic rings. The lowest BCUT2D eigenvalue weighted by Crippen LogP contribution is -2.00. The summed E-state index contributed by atoms with van der Waals surface area (Å²) in [4.78, 5) is 11.0. The van der Waals surface area contributed by atoms with Crippen molar-refractivity contribution in [3.63, 3.8) is 0 Å². The second-order valence-electron chi connectivity index (χ2n) is 1.92. The smallest absolute Gasteiger partial charge is 0.199 e. The molecule has 0 aliphatic carbocycles. The van der Waals surface area contributed by atoms with Gasteiger partial charge in [-0.3, -0.25) is 4.98 Å². The number of rotatable bonds is 2. The summed E-state index contributed by atoms with van der Waals surface area (Å²) >= 11 is 0. The summed E-state index contributed by atoms with van der Waals surface area (Å²) in [7, 11) is 0. The number of aromatic nitrogens is 2. The minimum absolute atomic E-state index is 0.0146. The summed E-state index contributed by atoms with van der Waals surface area (Å²) in [6, 6.07) is 0. The maximum Gasteiger partial charge on any atom is 0.199 e. The number of nitrogens with two attached hydrogens (primary N) is 1. The number of hydrogen-bond acceptors (Lipinski definition) is 5. The van der Waals surface area contributed by atoms with Gasteiger partial charge in [-0.15, -0.1) is 0 Å². The quantitative estimate of drug-likeness (QED) is 0.301. The first-order valence-electron chi connectivity index (χ1n) is 3.17. The minimum atomic E-state index is -1.68. The molecule has 0 bridgehead atoms. The Labute approximate surface area is 68.4 Å². The molecule has 0 spiro atoms. The molecule has 0 saturated heterocycles. The number of aliphatic imine (C=N–C) groups is 1. The Balaban J connectivity index is 3.08. The second kappa shape index (κ2) is 3.74. The monoisotopic (exact) mass is 168 g/mol. The molecule has 1 rings (SSSR count). The van der Waals surface area contributed by atoms with Gasteiger partial charge in [0.2, 0.25) is 0 Å². The molecule has 0 aromatic carbocycles. The molecule has 64 valence electrons. The fourth-order valence-corrected chi connectivity index (χ4v) is 0.694. The largest absolute Gasteiger partial charge is 0.390 e. The highest BCUT2D eigenvalue weighted by molar-refractivity contribution is 5.57. The zero-order chi connectivity index (χ0) is 8.97. The highest BCUT2D eigenvalue weighted by Crippen LogP contribution is 2.17. The van der Waals surface area contributed by atoms with Crippen LogP contribution in [0.4, 0.5) is 5.82 Å². The Kier molecular flexibility index (Phi) is 2.67. The van der Waals surface area contributed by atoms with Crippen molar-refractivity contribution in [2.24, 2.45) is 10.7 Å². The van der Waals surface area contributed by atoms with Crippen molar-refractivity contribution in [3.8, 4) is 0 Å². The van der Waals surface area contributed by atoms with Gasteiger partial charge in [-0.1, -0.05) is 0 Å². The number of hydrogen-bond donors (Lipinski definition) is 3. The van der Waals surface area contributed by atoms with Crippen LogP contribution in [0.5, 0.6) is 0 Å². The molecule has 0 aliphatic heterocycles. The fourth-order valence-electron chi connectivity index (χ4n) is 0.694. The van der Waals surface area contributed by atoms with Gasteiger partial charge in [0.05, 0.1) is 6.34 Å². The number of aliphatic hydroxyl groups excluding tert-OH is 1. The first-order valence-corrected chi connectivity index (χ1v) is 3.17. The molecule has 4 N–H and O–H groups in total. The molecule has 12 heavy (non-hydrogen) atoms. The van der Waals surface area contributed by atoms with Crippen molar-refractivity contribution in [1.29, 1.82) is 0 Å². The number of nitrogens with zero attached hydrogens (tertiary/aromatic N) is 3. The lowest BCUT2D eigenvalue weighted by atomic mass is 10.4. The minimum Gasteiger partial charge on any atom is -0.390 e. The van der Waals surface area contributed by atoms with Crippen molar-refractivity contribution < 1.29 is 10.2 Å². The first-order chi connectivity index (χ1) is 5.75. The van der Waals surface area contributed by atoms with Crippen molar-refractivity contribution >= 4 is 12.2 Å². The van der Waals surface area contributed by atoms with E-state index in [9.17, 15) is 0 Å². The summed E-state index contributed by atoms with van der Waals surface area (Å²) in [5.74, 6) is 0.106. The van der Waals surface area contributed by atoms with E-state index in [2.05, 4.69) is 15.0 Å². The third kappa shape index (κ3) is 1.74. The van der Waals surface area contributed by atoms with Gasteiger partial charge in [0.15, 0.2) is 12.1 Å². The lowest BCUT2D eigenvalue weighted by molar-refractivity contribution is -0.0455. The normalized spacial score (nSPS) is 11.2. The van der Waals surface area contributed by atoms with Crippen LogP contribution in [0, 0.1) is 0 Å². The average molecular weight is 168 g/mol. The predicted octanol–water partition coefficient (Wildman–Crippen LogP) is -0.922. The van der Waals surface area contributed by atoms with Gasteiger partial charge >= 0.3 is 0 Å². The topological polar surface area (TPSA) is 105 Å². The predicted molar refractivity (Wildman–Crippen MR) is 41.6 cm³/mol. The molecule has 0 amide bonds. The van der Waals surface area contributed by atoms with E-state index in [4.69, 9.17) is 15.9 Å². The zero-order valence-corrected chi connectivity index (χ0v) is 6.12. The van der Waals surface area contributed by atoms with Crippen LogP contribution in [0.2, 0.25) is 0 Å². The van der Waals surface area contributed by atoms with Gasteiger partial charge in [-0.25, -0.2) is 9.98 Å². The third-order valence-electron chi connectivity index (χ3n) is 1.15. The van der Waals surface area contributed by atoms with Crippen molar-refractivity contribution in [1.82, 2.24) is 9.97 Å². The second-order valence-corrected chi connectivity index (χ2v) is 1.92. The van der Waals surface area contributed by atoms with Crippen molar-refractivity contribution in [2.75, 3.05) is 0 Å².